The number of nitrogens with zero attached hydrogens (tertiary/aromatic N) is 3. The SMILES string of the molecule is O=C(NCc1cc(=O)n2nc(-c3ccccc3)sc2n1)Nc1ccccc1. The quantitative estimate of drug-likeness (QED) is 0.572. The van der Waals surface area contributed by atoms with Crippen molar-refractivity contribution in [3.63, 3.8) is 0 Å². The van der Waals surface area contributed by atoms with Gasteiger partial charge in [-0.2, -0.15) is 9.61 Å². The number of rotatable bonds is 4. The highest BCUT2D eigenvalue weighted by Crippen LogP contribution is 2.23. The molecule has 8 heteroatoms. The molecule has 4 aromatic rings. The summed E-state index contributed by atoms with van der Waals surface area (Å²) >= 11 is 1.33. The smallest absolute Gasteiger partial charge is 0.319 e. The molecule has 2 heterocycles. The molecule has 0 spiro atoms. The van der Waals surface area contributed by atoms with Gasteiger partial charge < -0.3 is 10.6 Å². The molecule has 27 heavy (non-hydrogen) atoms. The molecule has 0 bridgehead atoms. The predicted molar refractivity (Wildman–Crippen MR) is 105 cm³/mol. The molecule has 2 aromatic carbocycles. The maximum absolute atomic E-state index is 12.3. The summed E-state index contributed by atoms with van der Waals surface area (Å²) in [6.45, 7) is 0.142. The maximum atomic E-state index is 12.3. The summed E-state index contributed by atoms with van der Waals surface area (Å²) in [4.78, 5) is 29.2. The van der Waals surface area contributed by atoms with Crippen molar-refractivity contribution < 1.29 is 4.79 Å². The number of amides is 2. The zero-order valence-electron chi connectivity index (χ0n) is 14.1. The predicted octanol–water partition coefficient (Wildman–Crippen LogP) is 3.14. The number of hydrogen-bond acceptors (Lipinski definition) is 5. The number of nitrogens with one attached hydrogen (secondary N) is 2. The van der Waals surface area contributed by atoms with E-state index in [-0.39, 0.29) is 18.1 Å². The average molecular weight is 377 g/mol. The van der Waals surface area contributed by atoms with Gasteiger partial charge in [0, 0.05) is 17.3 Å². The normalized spacial score (nSPS) is 10.7. The molecule has 0 fully saturated rings. The van der Waals surface area contributed by atoms with Crippen LogP contribution in [0.15, 0.2) is 71.5 Å². The zero-order chi connectivity index (χ0) is 18.6. The van der Waals surface area contributed by atoms with Gasteiger partial charge in [0.15, 0.2) is 0 Å². The third-order valence-electron chi connectivity index (χ3n) is 3.78. The van der Waals surface area contributed by atoms with Crippen LogP contribution in [-0.2, 0) is 6.54 Å². The summed E-state index contributed by atoms with van der Waals surface area (Å²) in [5, 5.41) is 10.5. The Kier molecular flexibility index (Phi) is 4.63. The number of urea groups is 1. The first-order valence-electron chi connectivity index (χ1n) is 8.24. The Balaban J connectivity index is 1.51. The van der Waals surface area contributed by atoms with E-state index in [1.165, 1.54) is 21.9 Å². The summed E-state index contributed by atoms with van der Waals surface area (Å²) in [7, 11) is 0. The maximum Gasteiger partial charge on any atom is 0.319 e. The van der Waals surface area contributed by atoms with Gasteiger partial charge in [0.1, 0.15) is 5.01 Å². The fraction of sp³-hybridized carbons (Fsp3) is 0.0526. The highest BCUT2D eigenvalue weighted by atomic mass is 32.1. The van der Waals surface area contributed by atoms with E-state index in [9.17, 15) is 9.59 Å². The molecule has 0 atom stereocenters. The Morgan fingerprint density at radius 2 is 1.74 bits per heavy atom. The first-order valence-corrected chi connectivity index (χ1v) is 9.06. The van der Waals surface area contributed by atoms with Crippen LogP contribution in [0.4, 0.5) is 10.5 Å². The second-order valence-corrected chi connectivity index (χ2v) is 6.68. The van der Waals surface area contributed by atoms with Crippen molar-refractivity contribution in [2.75, 3.05) is 5.32 Å². The largest absolute Gasteiger partial charge is 0.332 e. The molecule has 134 valence electrons. The van der Waals surface area contributed by atoms with Gasteiger partial charge in [-0.1, -0.05) is 59.9 Å². The van der Waals surface area contributed by atoms with Crippen LogP contribution in [0.5, 0.6) is 0 Å². The molecule has 4 rings (SSSR count). The van der Waals surface area contributed by atoms with Crippen molar-refractivity contribution in [3.8, 4) is 10.6 Å². The Bertz CT molecular complexity index is 1140. The van der Waals surface area contributed by atoms with Gasteiger partial charge >= 0.3 is 6.03 Å². The van der Waals surface area contributed by atoms with Crippen molar-refractivity contribution in [1.29, 1.82) is 0 Å². The molecule has 0 saturated carbocycles. The molecule has 2 N–H and O–H groups in total. The van der Waals surface area contributed by atoms with Gasteiger partial charge in [0.25, 0.3) is 5.56 Å². The van der Waals surface area contributed by atoms with E-state index in [4.69, 9.17) is 0 Å². The van der Waals surface area contributed by atoms with E-state index >= 15 is 0 Å². The Morgan fingerprint density at radius 1 is 1.04 bits per heavy atom. The van der Waals surface area contributed by atoms with E-state index in [1.807, 2.05) is 48.5 Å². The van der Waals surface area contributed by atoms with Gasteiger partial charge in [-0.15, -0.1) is 0 Å². The summed E-state index contributed by atoms with van der Waals surface area (Å²) in [6, 6.07) is 19.7. The lowest BCUT2D eigenvalue weighted by Gasteiger charge is -2.06. The molecule has 0 radical (unpaired) electrons. The molecule has 2 aromatic heterocycles. The fourth-order valence-electron chi connectivity index (χ4n) is 2.51. The minimum atomic E-state index is -0.363. The fourth-order valence-corrected chi connectivity index (χ4v) is 3.44. The lowest BCUT2D eigenvalue weighted by atomic mass is 10.2. The number of anilines is 1. The van der Waals surface area contributed by atoms with Gasteiger partial charge in [-0.05, 0) is 12.1 Å². The van der Waals surface area contributed by atoms with Crippen molar-refractivity contribution >= 4 is 28.0 Å². The van der Waals surface area contributed by atoms with Gasteiger partial charge in [-0.3, -0.25) is 4.79 Å². The molecule has 0 aliphatic heterocycles. The second kappa shape index (κ2) is 7.38. The van der Waals surface area contributed by atoms with E-state index in [2.05, 4.69) is 20.7 Å². The van der Waals surface area contributed by atoms with Crippen molar-refractivity contribution in [1.82, 2.24) is 19.9 Å². The Hall–Kier alpha value is -3.52. The summed E-state index contributed by atoms with van der Waals surface area (Å²) in [5.41, 5.74) is 1.81. The Labute approximate surface area is 158 Å². The van der Waals surface area contributed by atoms with Crippen LogP contribution in [0.3, 0.4) is 0 Å². The molecule has 7 nitrogen and oxygen atoms in total. The van der Waals surface area contributed by atoms with E-state index < -0.39 is 0 Å². The average Bonchev–Trinajstić information content (AvgIpc) is 3.13. The summed E-state index contributed by atoms with van der Waals surface area (Å²) in [5.74, 6) is 0. The number of carbonyl (C=O) groups excluding carboxylic acids is 1. The number of benzene rings is 2. The van der Waals surface area contributed by atoms with Crippen molar-refractivity contribution in [2.45, 2.75) is 6.54 Å². The van der Waals surface area contributed by atoms with Gasteiger partial charge in [0.2, 0.25) is 4.96 Å². The number of para-hydroxylation sites is 1. The van der Waals surface area contributed by atoms with E-state index in [1.54, 1.807) is 12.1 Å². The monoisotopic (exact) mass is 377 g/mol. The lowest BCUT2D eigenvalue weighted by molar-refractivity contribution is 0.251. The van der Waals surface area contributed by atoms with Crippen molar-refractivity contribution in [3.05, 3.63) is 82.8 Å². The minimum absolute atomic E-state index is 0.142. The standard InChI is InChI=1S/C19H15N5O2S/c25-16-11-15(12-20-18(26)21-14-9-5-2-6-10-14)22-19-24(16)23-17(27-19)13-7-3-1-4-8-13/h1-11H,12H2,(H2,20,21,26). The molecule has 0 aliphatic rings. The summed E-state index contributed by atoms with van der Waals surface area (Å²) < 4.78 is 1.28. The van der Waals surface area contributed by atoms with E-state index in [0.717, 1.165) is 5.56 Å². The van der Waals surface area contributed by atoms with Crippen LogP contribution in [0.2, 0.25) is 0 Å². The molecular formula is C19H15N5O2S. The topological polar surface area (TPSA) is 88.4 Å². The van der Waals surface area contributed by atoms with Gasteiger partial charge in [-0.25, -0.2) is 9.78 Å². The zero-order valence-corrected chi connectivity index (χ0v) is 14.9. The first-order chi connectivity index (χ1) is 13.2. The number of aromatic nitrogens is 3. The highest BCUT2D eigenvalue weighted by molar-refractivity contribution is 7.19. The minimum Gasteiger partial charge on any atom is -0.332 e. The molecule has 2 amide bonds. The molecular weight excluding hydrogens is 362 g/mol. The van der Waals surface area contributed by atoms with E-state index in [0.29, 0.717) is 21.3 Å². The van der Waals surface area contributed by atoms with Gasteiger partial charge in [0.05, 0.1) is 12.2 Å². The van der Waals surface area contributed by atoms with Crippen LogP contribution in [0.1, 0.15) is 5.69 Å². The Morgan fingerprint density at radius 3 is 2.48 bits per heavy atom. The molecule has 0 unspecified atom stereocenters. The van der Waals surface area contributed by atoms with Crippen LogP contribution < -0.4 is 16.2 Å². The lowest BCUT2D eigenvalue weighted by Crippen LogP contribution is -2.29. The van der Waals surface area contributed by atoms with Crippen LogP contribution in [-0.4, -0.2) is 20.6 Å². The number of carbonyl (C=O) groups is 1. The summed E-state index contributed by atoms with van der Waals surface area (Å²) in [6.07, 6.45) is 0. The third-order valence-corrected chi connectivity index (χ3v) is 4.74. The van der Waals surface area contributed by atoms with Crippen molar-refractivity contribution in [2.24, 2.45) is 0 Å². The number of hydrogen-bond donors (Lipinski definition) is 2. The third kappa shape index (κ3) is 3.85. The van der Waals surface area contributed by atoms with Crippen LogP contribution in [0.25, 0.3) is 15.5 Å². The second-order valence-electron chi connectivity index (χ2n) is 5.73. The molecule has 0 aliphatic carbocycles. The first kappa shape index (κ1) is 16.9. The number of fused-ring (bicyclic) bond motifs is 1. The van der Waals surface area contributed by atoms with Crippen LogP contribution in [0, 0.1) is 0 Å². The highest BCUT2D eigenvalue weighted by Gasteiger charge is 2.11. The van der Waals surface area contributed by atoms with Crippen LogP contribution >= 0.6 is 11.3 Å². The molecule has 0 saturated heterocycles.